The van der Waals surface area contributed by atoms with Crippen LogP contribution in [0, 0.1) is 5.92 Å². The molecule has 0 bridgehead atoms. The molecule has 1 aliphatic carbocycles. The zero-order chi connectivity index (χ0) is 11.4. The molecule has 2 fully saturated rings. The van der Waals surface area contributed by atoms with Gasteiger partial charge in [0.05, 0.1) is 6.04 Å². The van der Waals surface area contributed by atoms with Gasteiger partial charge in [-0.15, -0.1) is 0 Å². The first-order chi connectivity index (χ1) is 7.75. The van der Waals surface area contributed by atoms with Crippen LogP contribution < -0.4 is 10.6 Å². The van der Waals surface area contributed by atoms with E-state index in [2.05, 4.69) is 17.6 Å². The minimum atomic E-state index is 0.0750. The van der Waals surface area contributed by atoms with E-state index >= 15 is 0 Å². The van der Waals surface area contributed by atoms with Crippen molar-refractivity contribution in [2.45, 2.75) is 64.0 Å². The average molecular weight is 224 g/mol. The molecule has 3 atom stereocenters. The van der Waals surface area contributed by atoms with Gasteiger partial charge in [0, 0.05) is 6.04 Å². The van der Waals surface area contributed by atoms with Gasteiger partial charge in [-0.05, 0) is 38.1 Å². The Morgan fingerprint density at radius 3 is 2.75 bits per heavy atom. The predicted molar refractivity (Wildman–Crippen MR) is 65.2 cm³/mol. The van der Waals surface area contributed by atoms with E-state index in [1.54, 1.807) is 0 Å². The number of piperidine rings is 1. The predicted octanol–water partition coefficient (Wildman–Crippen LogP) is 1.82. The molecule has 1 heterocycles. The van der Waals surface area contributed by atoms with Gasteiger partial charge in [-0.2, -0.15) is 0 Å². The molecule has 3 heteroatoms. The summed E-state index contributed by atoms with van der Waals surface area (Å²) in [5.74, 6) is 1.01. The van der Waals surface area contributed by atoms with Crippen LogP contribution in [0.1, 0.15) is 51.9 Å². The summed E-state index contributed by atoms with van der Waals surface area (Å²) in [6, 6.07) is 0.506. The number of hydrogen-bond donors (Lipinski definition) is 2. The van der Waals surface area contributed by atoms with Crippen LogP contribution in [0.15, 0.2) is 0 Å². The molecule has 0 aromatic heterocycles. The Morgan fingerprint density at radius 2 is 2.06 bits per heavy atom. The van der Waals surface area contributed by atoms with E-state index in [4.69, 9.17) is 0 Å². The monoisotopic (exact) mass is 224 g/mol. The SMILES string of the molecule is CC1CCCC(NC(=O)[C@@H]2CCCCN2)C1. The second-order valence-electron chi connectivity index (χ2n) is 5.48. The minimum absolute atomic E-state index is 0.0750. The quantitative estimate of drug-likeness (QED) is 0.751. The molecule has 2 aliphatic rings. The second kappa shape index (κ2) is 5.67. The normalized spacial score (nSPS) is 35.7. The highest BCUT2D eigenvalue weighted by molar-refractivity contribution is 5.82. The van der Waals surface area contributed by atoms with Crippen LogP contribution in [-0.2, 0) is 4.79 Å². The van der Waals surface area contributed by atoms with E-state index in [9.17, 15) is 4.79 Å². The van der Waals surface area contributed by atoms with E-state index in [0.29, 0.717) is 6.04 Å². The van der Waals surface area contributed by atoms with Gasteiger partial charge in [0.2, 0.25) is 5.91 Å². The van der Waals surface area contributed by atoms with Crippen molar-refractivity contribution in [2.75, 3.05) is 6.54 Å². The number of rotatable bonds is 2. The molecule has 1 saturated heterocycles. The van der Waals surface area contributed by atoms with Gasteiger partial charge in [-0.1, -0.05) is 26.2 Å². The molecule has 0 aromatic rings. The van der Waals surface area contributed by atoms with Gasteiger partial charge >= 0.3 is 0 Å². The molecule has 2 rings (SSSR count). The Labute approximate surface area is 98.4 Å². The fourth-order valence-electron chi connectivity index (χ4n) is 2.94. The summed E-state index contributed by atoms with van der Waals surface area (Å²) in [5, 5.41) is 6.53. The fraction of sp³-hybridized carbons (Fsp3) is 0.923. The molecule has 16 heavy (non-hydrogen) atoms. The lowest BCUT2D eigenvalue weighted by Crippen LogP contribution is -2.50. The lowest BCUT2D eigenvalue weighted by Gasteiger charge is -2.30. The molecule has 92 valence electrons. The van der Waals surface area contributed by atoms with Crippen molar-refractivity contribution in [2.24, 2.45) is 5.92 Å². The average Bonchev–Trinajstić information content (AvgIpc) is 2.30. The third-order valence-electron chi connectivity index (χ3n) is 3.91. The van der Waals surface area contributed by atoms with Crippen molar-refractivity contribution in [3.05, 3.63) is 0 Å². The van der Waals surface area contributed by atoms with Gasteiger partial charge in [0.15, 0.2) is 0 Å². The first kappa shape index (κ1) is 11.9. The van der Waals surface area contributed by atoms with Crippen LogP contribution in [0.2, 0.25) is 0 Å². The molecule has 1 saturated carbocycles. The van der Waals surface area contributed by atoms with Crippen LogP contribution in [0.3, 0.4) is 0 Å². The van der Waals surface area contributed by atoms with Gasteiger partial charge in [-0.25, -0.2) is 0 Å². The Hall–Kier alpha value is -0.570. The van der Waals surface area contributed by atoms with Crippen LogP contribution >= 0.6 is 0 Å². The lowest BCUT2D eigenvalue weighted by molar-refractivity contribution is -0.124. The topological polar surface area (TPSA) is 41.1 Å². The summed E-state index contributed by atoms with van der Waals surface area (Å²) < 4.78 is 0. The highest BCUT2D eigenvalue weighted by Gasteiger charge is 2.25. The van der Waals surface area contributed by atoms with Gasteiger partial charge in [0.25, 0.3) is 0 Å². The summed E-state index contributed by atoms with van der Waals surface area (Å²) in [5.41, 5.74) is 0. The van der Waals surface area contributed by atoms with E-state index in [0.717, 1.165) is 18.9 Å². The third kappa shape index (κ3) is 3.21. The van der Waals surface area contributed by atoms with Crippen molar-refractivity contribution in [1.29, 1.82) is 0 Å². The molecule has 1 aliphatic heterocycles. The molecule has 0 aromatic carbocycles. The summed E-state index contributed by atoms with van der Waals surface area (Å²) in [4.78, 5) is 12.0. The van der Waals surface area contributed by atoms with Crippen molar-refractivity contribution < 1.29 is 4.79 Å². The number of hydrogen-bond acceptors (Lipinski definition) is 2. The molecule has 0 spiro atoms. The standard InChI is InChI=1S/C13H24N2O/c1-10-5-4-6-11(9-10)15-13(16)12-7-2-3-8-14-12/h10-12,14H,2-9H2,1H3,(H,15,16)/t10?,11?,12-/m0/s1. The maximum Gasteiger partial charge on any atom is 0.237 e. The number of carbonyl (C=O) groups is 1. The number of nitrogens with one attached hydrogen (secondary N) is 2. The van der Waals surface area contributed by atoms with Crippen LogP contribution in [0.5, 0.6) is 0 Å². The van der Waals surface area contributed by atoms with Crippen molar-refractivity contribution in [3.63, 3.8) is 0 Å². The molecule has 2 N–H and O–H groups in total. The van der Waals surface area contributed by atoms with Crippen molar-refractivity contribution in [1.82, 2.24) is 10.6 Å². The maximum absolute atomic E-state index is 12.0. The molecular weight excluding hydrogens is 200 g/mol. The molecular formula is C13H24N2O. The number of carbonyl (C=O) groups excluding carboxylic acids is 1. The molecule has 1 amide bonds. The maximum atomic E-state index is 12.0. The van der Waals surface area contributed by atoms with Crippen molar-refractivity contribution in [3.8, 4) is 0 Å². The molecule has 2 unspecified atom stereocenters. The van der Waals surface area contributed by atoms with Gasteiger partial charge < -0.3 is 10.6 Å². The summed E-state index contributed by atoms with van der Waals surface area (Å²) in [7, 11) is 0. The Kier molecular flexibility index (Phi) is 4.22. The number of amides is 1. The van der Waals surface area contributed by atoms with Crippen LogP contribution in [0.25, 0.3) is 0 Å². The Bertz CT molecular complexity index is 236. The largest absolute Gasteiger partial charge is 0.352 e. The Balaban J connectivity index is 1.77. The third-order valence-corrected chi connectivity index (χ3v) is 3.91. The first-order valence-electron chi connectivity index (χ1n) is 6.79. The zero-order valence-corrected chi connectivity index (χ0v) is 10.3. The lowest BCUT2D eigenvalue weighted by atomic mass is 9.87. The molecule has 0 radical (unpaired) electrons. The van der Waals surface area contributed by atoms with E-state index in [1.165, 1.54) is 38.5 Å². The smallest absolute Gasteiger partial charge is 0.237 e. The van der Waals surface area contributed by atoms with Gasteiger partial charge in [-0.3, -0.25) is 4.79 Å². The first-order valence-corrected chi connectivity index (χ1v) is 6.79. The van der Waals surface area contributed by atoms with E-state index in [-0.39, 0.29) is 11.9 Å². The second-order valence-corrected chi connectivity index (χ2v) is 5.48. The van der Waals surface area contributed by atoms with Crippen LogP contribution in [-0.4, -0.2) is 24.5 Å². The van der Waals surface area contributed by atoms with Gasteiger partial charge in [0.1, 0.15) is 0 Å². The Morgan fingerprint density at radius 1 is 1.19 bits per heavy atom. The zero-order valence-electron chi connectivity index (χ0n) is 10.3. The highest BCUT2D eigenvalue weighted by Crippen LogP contribution is 2.23. The molecule has 3 nitrogen and oxygen atoms in total. The summed E-state index contributed by atoms with van der Waals surface area (Å²) in [6.45, 7) is 3.29. The summed E-state index contributed by atoms with van der Waals surface area (Å²) in [6.07, 6.45) is 8.34. The van der Waals surface area contributed by atoms with E-state index in [1.807, 2.05) is 0 Å². The highest BCUT2D eigenvalue weighted by atomic mass is 16.2. The summed E-state index contributed by atoms with van der Waals surface area (Å²) >= 11 is 0. The van der Waals surface area contributed by atoms with E-state index < -0.39 is 0 Å². The fourth-order valence-corrected chi connectivity index (χ4v) is 2.94. The van der Waals surface area contributed by atoms with Crippen LogP contribution in [0.4, 0.5) is 0 Å². The van der Waals surface area contributed by atoms with Crippen molar-refractivity contribution >= 4 is 5.91 Å². The minimum Gasteiger partial charge on any atom is -0.352 e.